The zero-order chi connectivity index (χ0) is 19.4. The molecule has 2 rings (SSSR count). The first-order valence-electron chi connectivity index (χ1n) is 9.32. The van der Waals surface area contributed by atoms with Gasteiger partial charge in [0.2, 0.25) is 0 Å². The zero-order valence-electron chi connectivity index (χ0n) is 17.2. The van der Waals surface area contributed by atoms with Crippen LogP contribution in [0, 0.1) is 6.42 Å². The van der Waals surface area contributed by atoms with Crippen molar-refractivity contribution in [2.45, 2.75) is 58.3 Å². The monoisotopic (exact) mass is 369 g/mol. The van der Waals surface area contributed by atoms with Crippen LogP contribution in [0.4, 0.5) is 0 Å². The van der Waals surface area contributed by atoms with Crippen molar-refractivity contribution in [3.8, 4) is 0 Å². The van der Waals surface area contributed by atoms with Crippen molar-refractivity contribution in [1.82, 2.24) is 0 Å². The number of benzene rings is 2. The molecular weight excluding hydrogens is 336 g/mol. The highest BCUT2D eigenvalue weighted by atomic mass is 28.4. The SMILES string of the molecule is COC(C)(C)[CH][C@H](C)O[Si](c1ccccc1)(c1ccccc1)C(C)(C)C. The van der Waals surface area contributed by atoms with E-state index in [1.54, 1.807) is 7.11 Å². The molecule has 141 valence electrons. The van der Waals surface area contributed by atoms with E-state index >= 15 is 0 Å². The minimum absolute atomic E-state index is 0.0188. The van der Waals surface area contributed by atoms with Gasteiger partial charge in [0.15, 0.2) is 0 Å². The highest BCUT2D eigenvalue weighted by molar-refractivity contribution is 6.99. The molecule has 3 heteroatoms. The molecule has 0 aliphatic heterocycles. The van der Waals surface area contributed by atoms with Gasteiger partial charge < -0.3 is 9.16 Å². The smallest absolute Gasteiger partial charge is 0.261 e. The topological polar surface area (TPSA) is 18.5 Å². The quantitative estimate of drug-likeness (QED) is 0.665. The second-order valence-corrected chi connectivity index (χ2v) is 12.7. The molecule has 0 amide bonds. The molecule has 0 saturated carbocycles. The molecular formula is C23H33O2Si. The van der Waals surface area contributed by atoms with E-state index in [-0.39, 0.29) is 16.7 Å². The van der Waals surface area contributed by atoms with Crippen LogP contribution in [0.5, 0.6) is 0 Å². The molecule has 0 saturated heterocycles. The molecule has 2 aromatic carbocycles. The van der Waals surface area contributed by atoms with Crippen molar-refractivity contribution in [2.24, 2.45) is 0 Å². The van der Waals surface area contributed by atoms with Crippen LogP contribution in [0.2, 0.25) is 5.04 Å². The van der Waals surface area contributed by atoms with Gasteiger partial charge in [-0.2, -0.15) is 0 Å². The Morgan fingerprint density at radius 2 is 1.23 bits per heavy atom. The fourth-order valence-corrected chi connectivity index (χ4v) is 8.28. The Morgan fingerprint density at radius 1 is 0.808 bits per heavy atom. The number of hydrogen-bond donors (Lipinski definition) is 0. The molecule has 0 aliphatic carbocycles. The molecule has 0 aliphatic rings. The third-order valence-electron chi connectivity index (χ3n) is 4.94. The van der Waals surface area contributed by atoms with Crippen LogP contribution in [0.25, 0.3) is 0 Å². The Morgan fingerprint density at radius 3 is 1.58 bits per heavy atom. The van der Waals surface area contributed by atoms with E-state index in [9.17, 15) is 0 Å². The standard InChI is InChI=1S/C23H33O2Si/c1-19(18-23(5,6)24-7)25-26(22(2,3)4,20-14-10-8-11-15-20)21-16-12-9-13-17-21/h8-19H,1-7H3/t19-/m0/s1. The lowest BCUT2D eigenvalue weighted by atomic mass is 10.0. The second-order valence-electron chi connectivity index (χ2n) is 8.46. The fraction of sp³-hybridized carbons (Fsp3) is 0.435. The summed E-state index contributed by atoms with van der Waals surface area (Å²) in [5, 5.41) is 2.58. The molecule has 0 aromatic heterocycles. The molecule has 0 heterocycles. The Balaban J connectivity index is 2.57. The molecule has 2 aromatic rings. The number of hydrogen-bond acceptors (Lipinski definition) is 2. The summed E-state index contributed by atoms with van der Waals surface area (Å²) >= 11 is 0. The summed E-state index contributed by atoms with van der Waals surface area (Å²) in [6.07, 6.45) is 2.13. The highest BCUT2D eigenvalue weighted by Gasteiger charge is 2.51. The predicted octanol–water partition coefficient (Wildman–Crippen LogP) is 4.58. The van der Waals surface area contributed by atoms with Gasteiger partial charge in [0.1, 0.15) is 0 Å². The summed E-state index contributed by atoms with van der Waals surface area (Å²) < 4.78 is 12.6. The molecule has 26 heavy (non-hydrogen) atoms. The minimum Gasteiger partial charge on any atom is -0.404 e. The van der Waals surface area contributed by atoms with Crippen LogP contribution in [0.3, 0.4) is 0 Å². The summed E-state index contributed by atoms with van der Waals surface area (Å²) in [6, 6.07) is 21.5. The lowest BCUT2D eigenvalue weighted by Crippen LogP contribution is -2.67. The summed E-state index contributed by atoms with van der Waals surface area (Å²) in [5.41, 5.74) is -0.329. The van der Waals surface area contributed by atoms with Gasteiger partial charge in [-0.1, -0.05) is 81.4 Å². The van der Waals surface area contributed by atoms with Gasteiger partial charge in [0, 0.05) is 19.6 Å². The first kappa shape index (κ1) is 20.9. The Kier molecular flexibility index (Phi) is 6.49. The average molecular weight is 370 g/mol. The maximum absolute atomic E-state index is 7.02. The summed E-state index contributed by atoms with van der Waals surface area (Å²) in [7, 11) is -0.770. The van der Waals surface area contributed by atoms with E-state index < -0.39 is 8.32 Å². The average Bonchev–Trinajstić information content (AvgIpc) is 2.59. The molecule has 0 unspecified atom stereocenters. The maximum atomic E-state index is 7.02. The normalized spacial score (nSPS) is 14.3. The predicted molar refractivity (Wildman–Crippen MR) is 114 cm³/mol. The molecule has 1 atom stereocenters. The first-order valence-corrected chi connectivity index (χ1v) is 11.2. The third kappa shape index (κ3) is 4.45. The largest absolute Gasteiger partial charge is 0.404 e. The Bertz CT molecular complexity index is 635. The number of methoxy groups -OCH3 is 1. The molecule has 0 N–H and O–H groups in total. The highest BCUT2D eigenvalue weighted by Crippen LogP contribution is 2.38. The summed E-state index contributed by atoms with van der Waals surface area (Å²) in [4.78, 5) is 0. The third-order valence-corrected chi connectivity index (χ3v) is 10.1. The molecule has 2 nitrogen and oxygen atoms in total. The van der Waals surface area contributed by atoms with E-state index in [0.717, 1.165) is 0 Å². The van der Waals surface area contributed by atoms with Gasteiger partial charge in [-0.3, -0.25) is 0 Å². The first-order chi connectivity index (χ1) is 12.1. The van der Waals surface area contributed by atoms with Gasteiger partial charge in [-0.25, -0.2) is 0 Å². The fourth-order valence-electron chi connectivity index (χ4n) is 3.64. The second kappa shape index (κ2) is 8.08. The van der Waals surface area contributed by atoms with Gasteiger partial charge in [-0.15, -0.1) is 0 Å². The van der Waals surface area contributed by atoms with E-state index in [1.807, 2.05) is 0 Å². The van der Waals surface area contributed by atoms with Crippen molar-refractivity contribution in [3.63, 3.8) is 0 Å². The van der Waals surface area contributed by atoms with E-state index in [1.165, 1.54) is 10.4 Å². The van der Waals surface area contributed by atoms with E-state index in [2.05, 4.69) is 109 Å². The Labute approximate surface area is 160 Å². The van der Waals surface area contributed by atoms with Gasteiger partial charge >= 0.3 is 0 Å². The van der Waals surface area contributed by atoms with Crippen molar-refractivity contribution < 1.29 is 9.16 Å². The van der Waals surface area contributed by atoms with Crippen molar-refractivity contribution in [3.05, 3.63) is 67.1 Å². The van der Waals surface area contributed by atoms with Gasteiger partial charge in [0.25, 0.3) is 8.32 Å². The van der Waals surface area contributed by atoms with Crippen molar-refractivity contribution >= 4 is 18.7 Å². The Hall–Kier alpha value is -1.42. The zero-order valence-corrected chi connectivity index (χ0v) is 18.2. The van der Waals surface area contributed by atoms with Crippen molar-refractivity contribution in [2.75, 3.05) is 7.11 Å². The van der Waals surface area contributed by atoms with Gasteiger partial charge in [-0.05, 0) is 36.2 Å². The van der Waals surface area contributed by atoms with Crippen LogP contribution in [-0.2, 0) is 9.16 Å². The van der Waals surface area contributed by atoms with Gasteiger partial charge in [0.05, 0.1) is 5.60 Å². The summed E-state index contributed by atoms with van der Waals surface area (Å²) in [6.45, 7) is 13.2. The molecule has 1 radical (unpaired) electrons. The minimum atomic E-state index is -2.51. The molecule has 0 spiro atoms. The van der Waals surface area contributed by atoms with Crippen LogP contribution in [0.15, 0.2) is 60.7 Å². The lowest BCUT2D eigenvalue weighted by molar-refractivity contribution is 0.0320. The van der Waals surface area contributed by atoms with Crippen LogP contribution in [-0.4, -0.2) is 27.1 Å². The van der Waals surface area contributed by atoms with Crippen LogP contribution in [0.1, 0.15) is 41.5 Å². The lowest BCUT2D eigenvalue weighted by Gasteiger charge is -2.45. The number of rotatable bonds is 7. The van der Waals surface area contributed by atoms with E-state index in [4.69, 9.17) is 9.16 Å². The maximum Gasteiger partial charge on any atom is 0.261 e. The number of ether oxygens (including phenoxy) is 1. The van der Waals surface area contributed by atoms with E-state index in [0.29, 0.717) is 0 Å². The molecule has 0 fully saturated rings. The summed E-state index contributed by atoms with van der Waals surface area (Å²) in [5.74, 6) is 0. The molecule has 0 bridgehead atoms. The van der Waals surface area contributed by atoms with Crippen LogP contribution >= 0.6 is 0 Å². The van der Waals surface area contributed by atoms with Crippen LogP contribution < -0.4 is 10.4 Å². The van der Waals surface area contributed by atoms with Crippen molar-refractivity contribution in [1.29, 1.82) is 0 Å².